The molecule has 1 N–H and O–H groups in total. The molecule has 162 valence electrons. The fourth-order valence-electron chi connectivity index (χ4n) is 3.48. The van der Waals surface area contributed by atoms with E-state index in [9.17, 15) is 14.4 Å². The first-order chi connectivity index (χ1) is 14.1. The monoisotopic (exact) mass is 435 g/mol. The van der Waals surface area contributed by atoms with Gasteiger partial charge < -0.3 is 19.2 Å². The molecule has 0 spiro atoms. The van der Waals surface area contributed by atoms with Crippen molar-refractivity contribution >= 4 is 34.6 Å². The van der Waals surface area contributed by atoms with Crippen molar-refractivity contribution < 1.29 is 23.5 Å². The van der Waals surface area contributed by atoms with Crippen molar-refractivity contribution in [2.24, 2.45) is 0 Å². The van der Waals surface area contributed by atoms with E-state index in [-0.39, 0.29) is 16.4 Å². The van der Waals surface area contributed by atoms with Crippen LogP contribution in [0.3, 0.4) is 0 Å². The van der Waals surface area contributed by atoms with Crippen LogP contribution in [0.15, 0.2) is 21.3 Å². The highest BCUT2D eigenvalue weighted by Gasteiger charge is 2.26. The Labute approximate surface area is 179 Å². The Morgan fingerprint density at radius 2 is 1.87 bits per heavy atom. The van der Waals surface area contributed by atoms with Crippen LogP contribution in [0.1, 0.15) is 58.1 Å². The smallest absolute Gasteiger partial charge is 0.408 e. The van der Waals surface area contributed by atoms with E-state index in [0.29, 0.717) is 24.0 Å². The molecule has 1 aliphatic carbocycles. The molecule has 2 aromatic rings. The Bertz CT molecular complexity index is 1040. The van der Waals surface area contributed by atoms with Gasteiger partial charge in [0.15, 0.2) is 5.75 Å². The molecule has 1 atom stereocenters. The van der Waals surface area contributed by atoms with Gasteiger partial charge in [-0.1, -0.05) is 18.5 Å². The number of hydrogen-bond acceptors (Lipinski definition) is 6. The molecular formula is C22H26ClNO6. The van der Waals surface area contributed by atoms with Crippen molar-refractivity contribution in [2.45, 2.75) is 71.4 Å². The van der Waals surface area contributed by atoms with Crippen LogP contribution in [0.4, 0.5) is 4.79 Å². The maximum atomic E-state index is 12.6. The second kappa shape index (κ2) is 8.68. The third-order valence-corrected chi connectivity index (χ3v) is 5.17. The third-order valence-electron chi connectivity index (χ3n) is 4.87. The van der Waals surface area contributed by atoms with Crippen LogP contribution in [-0.2, 0) is 22.4 Å². The number of benzene rings is 1. The summed E-state index contributed by atoms with van der Waals surface area (Å²) in [4.78, 5) is 36.9. The number of amides is 1. The maximum Gasteiger partial charge on any atom is 0.408 e. The molecule has 1 aliphatic rings. The Kier molecular flexibility index (Phi) is 6.41. The number of ether oxygens (including phenoxy) is 2. The lowest BCUT2D eigenvalue weighted by atomic mass is 9.91. The van der Waals surface area contributed by atoms with Crippen LogP contribution in [0.25, 0.3) is 11.0 Å². The Hall–Kier alpha value is -2.54. The lowest BCUT2D eigenvalue weighted by Gasteiger charge is -2.22. The lowest BCUT2D eigenvalue weighted by Crippen LogP contribution is -2.44. The van der Waals surface area contributed by atoms with Gasteiger partial charge in [0.05, 0.1) is 5.02 Å². The highest BCUT2D eigenvalue weighted by atomic mass is 35.5. The van der Waals surface area contributed by atoms with E-state index in [1.807, 2.05) is 0 Å². The maximum absolute atomic E-state index is 12.6. The van der Waals surface area contributed by atoms with Gasteiger partial charge in [-0.3, -0.25) is 0 Å². The summed E-state index contributed by atoms with van der Waals surface area (Å²) in [6.07, 6.45) is 3.01. The molecular weight excluding hydrogens is 410 g/mol. The van der Waals surface area contributed by atoms with E-state index >= 15 is 0 Å². The molecule has 1 heterocycles. The average molecular weight is 436 g/mol. The minimum atomic E-state index is -0.915. The van der Waals surface area contributed by atoms with Gasteiger partial charge in [-0.2, -0.15) is 0 Å². The molecule has 0 unspecified atom stereocenters. The lowest BCUT2D eigenvalue weighted by molar-refractivity contribution is -0.136. The van der Waals surface area contributed by atoms with E-state index in [1.54, 1.807) is 33.8 Å². The number of fused-ring (bicyclic) bond motifs is 3. The van der Waals surface area contributed by atoms with Crippen LogP contribution >= 0.6 is 11.6 Å². The first kappa shape index (κ1) is 22.2. The molecule has 7 nitrogen and oxygen atoms in total. The zero-order chi connectivity index (χ0) is 22.1. The molecule has 8 heteroatoms. The summed E-state index contributed by atoms with van der Waals surface area (Å²) in [6.45, 7) is 6.92. The number of nitrogens with one attached hydrogen (secondary N) is 1. The highest BCUT2D eigenvalue weighted by molar-refractivity contribution is 6.33. The van der Waals surface area contributed by atoms with Crippen LogP contribution in [0.5, 0.6) is 5.75 Å². The van der Waals surface area contributed by atoms with Crippen LogP contribution in [0, 0.1) is 0 Å². The summed E-state index contributed by atoms with van der Waals surface area (Å²) in [5.74, 6) is -0.623. The predicted octanol–water partition coefficient (Wildman–Crippen LogP) is 4.53. The molecule has 0 saturated heterocycles. The van der Waals surface area contributed by atoms with E-state index < -0.39 is 23.7 Å². The Morgan fingerprint density at radius 1 is 1.20 bits per heavy atom. The largest absolute Gasteiger partial charge is 0.444 e. The molecule has 3 rings (SSSR count). The van der Waals surface area contributed by atoms with Gasteiger partial charge in [0.2, 0.25) is 0 Å². The highest BCUT2D eigenvalue weighted by Crippen LogP contribution is 2.34. The SMILES string of the molecule is CC[C@@H](NC(=O)OC(C)(C)C)C(=O)Oc1cc2oc(=O)c3c(c2cc1Cl)CCCC3. The molecule has 30 heavy (non-hydrogen) atoms. The van der Waals surface area contributed by atoms with Gasteiger partial charge in [-0.15, -0.1) is 0 Å². The second-order valence-corrected chi connectivity index (χ2v) is 8.77. The number of carbonyl (C=O) groups excluding carboxylic acids is 2. The first-order valence-corrected chi connectivity index (χ1v) is 10.5. The summed E-state index contributed by atoms with van der Waals surface area (Å²) in [6, 6.07) is 2.20. The third kappa shape index (κ3) is 4.95. The summed E-state index contributed by atoms with van der Waals surface area (Å²) in [5, 5.41) is 3.48. The molecule has 0 bridgehead atoms. The number of hydrogen-bond donors (Lipinski definition) is 1. The number of rotatable bonds is 4. The minimum Gasteiger partial charge on any atom is -0.444 e. The van der Waals surface area contributed by atoms with Gasteiger partial charge in [-0.25, -0.2) is 14.4 Å². The van der Waals surface area contributed by atoms with Gasteiger partial charge in [0.1, 0.15) is 17.2 Å². The van der Waals surface area contributed by atoms with Crippen molar-refractivity contribution in [3.63, 3.8) is 0 Å². The number of aryl methyl sites for hydroxylation is 1. The van der Waals surface area contributed by atoms with E-state index in [0.717, 1.165) is 30.2 Å². The fraction of sp³-hybridized carbons (Fsp3) is 0.500. The van der Waals surface area contributed by atoms with Crippen molar-refractivity contribution in [3.05, 3.63) is 38.7 Å². The van der Waals surface area contributed by atoms with Crippen LogP contribution in [0.2, 0.25) is 5.02 Å². The quantitative estimate of drug-likeness (QED) is 0.430. The van der Waals surface area contributed by atoms with Gasteiger partial charge in [-0.05, 0) is 64.5 Å². The molecule has 0 fully saturated rings. The topological polar surface area (TPSA) is 94.8 Å². The van der Waals surface area contributed by atoms with Gasteiger partial charge >= 0.3 is 17.7 Å². The molecule has 1 aromatic heterocycles. The molecule has 1 aromatic carbocycles. The Balaban J connectivity index is 1.84. The predicted molar refractivity (Wildman–Crippen MR) is 113 cm³/mol. The van der Waals surface area contributed by atoms with Crippen molar-refractivity contribution in [2.75, 3.05) is 0 Å². The summed E-state index contributed by atoms with van der Waals surface area (Å²) >= 11 is 6.36. The standard InChI is InChI=1S/C22H26ClNO6/c1-5-16(24-21(27)30-22(2,3)4)20(26)29-18-11-17-14(10-15(18)23)12-8-6-7-9-13(12)19(25)28-17/h10-11,16H,5-9H2,1-4H3,(H,24,27)/t16-/m1/s1. The number of esters is 1. The fourth-order valence-corrected chi connectivity index (χ4v) is 3.68. The van der Waals surface area contributed by atoms with Crippen LogP contribution in [-0.4, -0.2) is 23.7 Å². The molecule has 1 amide bonds. The van der Waals surface area contributed by atoms with E-state index in [1.165, 1.54) is 6.07 Å². The van der Waals surface area contributed by atoms with Crippen LogP contribution < -0.4 is 15.7 Å². The average Bonchev–Trinajstić information content (AvgIpc) is 2.66. The molecule has 0 aliphatic heterocycles. The summed E-state index contributed by atoms with van der Waals surface area (Å²) in [5.41, 5.74) is 0.910. The Morgan fingerprint density at radius 3 is 2.50 bits per heavy atom. The first-order valence-electron chi connectivity index (χ1n) is 10.1. The zero-order valence-corrected chi connectivity index (χ0v) is 18.4. The van der Waals surface area contributed by atoms with Crippen molar-refractivity contribution in [1.29, 1.82) is 0 Å². The number of alkyl carbamates (subject to hydrolysis) is 1. The van der Waals surface area contributed by atoms with E-state index in [4.69, 9.17) is 25.5 Å². The summed E-state index contributed by atoms with van der Waals surface area (Å²) < 4.78 is 16.1. The van der Waals surface area contributed by atoms with Crippen molar-refractivity contribution in [3.8, 4) is 5.75 Å². The minimum absolute atomic E-state index is 0.0671. The van der Waals surface area contributed by atoms with Gasteiger partial charge in [0.25, 0.3) is 0 Å². The van der Waals surface area contributed by atoms with Gasteiger partial charge in [0, 0.05) is 17.0 Å². The molecule has 0 saturated carbocycles. The number of halogens is 1. The second-order valence-electron chi connectivity index (χ2n) is 8.36. The zero-order valence-electron chi connectivity index (χ0n) is 17.6. The summed E-state index contributed by atoms with van der Waals surface area (Å²) in [7, 11) is 0. The molecule has 0 radical (unpaired) electrons. The van der Waals surface area contributed by atoms with E-state index in [2.05, 4.69) is 5.32 Å². The normalized spacial score (nSPS) is 14.7. The number of carbonyl (C=O) groups is 2. The van der Waals surface area contributed by atoms with Crippen molar-refractivity contribution in [1.82, 2.24) is 5.32 Å².